The summed E-state index contributed by atoms with van der Waals surface area (Å²) in [7, 11) is 0. The molecule has 2 heterocycles. The Bertz CT molecular complexity index is 580. The Morgan fingerprint density at radius 3 is 2.15 bits per heavy atom. The average Bonchev–Trinajstić information content (AvgIpc) is 2.49. The molecule has 0 unspecified atom stereocenters. The molecule has 0 atom stereocenters. The lowest BCUT2D eigenvalue weighted by Crippen LogP contribution is -2.47. The number of anilines is 2. The van der Waals surface area contributed by atoms with E-state index in [1.54, 1.807) is 6.07 Å². The number of hydrogen-bond acceptors (Lipinski definition) is 4. The minimum absolute atomic E-state index is 0.420. The highest BCUT2D eigenvalue weighted by atomic mass is 35.5. The first-order chi connectivity index (χ1) is 9.74. The number of hydrogen-bond donors (Lipinski definition) is 0. The summed E-state index contributed by atoms with van der Waals surface area (Å²) >= 11 is 12.0. The molecule has 1 fully saturated rings. The Kier molecular flexibility index (Phi) is 3.94. The third-order valence-corrected chi connectivity index (χ3v) is 3.94. The summed E-state index contributed by atoms with van der Waals surface area (Å²) < 4.78 is 0. The second-order valence-electron chi connectivity index (χ2n) is 4.64. The third-order valence-electron chi connectivity index (χ3n) is 3.41. The van der Waals surface area contributed by atoms with Gasteiger partial charge in [-0.25, -0.2) is 0 Å². The van der Waals surface area contributed by atoms with Crippen molar-refractivity contribution in [3.8, 4) is 0 Å². The zero-order valence-electron chi connectivity index (χ0n) is 10.8. The molecule has 1 saturated heterocycles. The molecular formula is C14H14Cl2N4. The van der Waals surface area contributed by atoms with Gasteiger partial charge >= 0.3 is 0 Å². The van der Waals surface area contributed by atoms with Gasteiger partial charge in [0.15, 0.2) is 11.0 Å². The van der Waals surface area contributed by atoms with Gasteiger partial charge in [-0.15, -0.1) is 10.2 Å². The molecule has 0 bridgehead atoms. The summed E-state index contributed by atoms with van der Waals surface area (Å²) in [4.78, 5) is 4.50. The maximum Gasteiger partial charge on any atom is 0.151 e. The van der Waals surface area contributed by atoms with E-state index in [9.17, 15) is 0 Å². The predicted molar refractivity (Wildman–Crippen MR) is 82.9 cm³/mol. The van der Waals surface area contributed by atoms with Crippen molar-refractivity contribution in [2.24, 2.45) is 0 Å². The number of rotatable bonds is 2. The van der Waals surface area contributed by atoms with Crippen molar-refractivity contribution in [2.45, 2.75) is 0 Å². The molecular weight excluding hydrogens is 295 g/mol. The molecule has 6 heteroatoms. The highest BCUT2D eigenvalue weighted by molar-refractivity contribution is 6.33. The van der Waals surface area contributed by atoms with E-state index in [2.05, 4.69) is 26.1 Å². The van der Waals surface area contributed by atoms with Crippen molar-refractivity contribution in [1.29, 1.82) is 0 Å². The van der Waals surface area contributed by atoms with Crippen molar-refractivity contribution < 1.29 is 0 Å². The zero-order valence-corrected chi connectivity index (χ0v) is 12.3. The molecule has 2 aromatic rings. The first kappa shape index (κ1) is 13.5. The second-order valence-corrected chi connectivity index (χ2v) is 5.43. The third kappa shape index (κ3) is 2.81. The molecule has 104 valence electrons. The molecule has 0 amide bonds. The van der Waals surface area contributed by atoms with Crippen LogP contribution in [0.25, 0.3) is 0 Å². The van der Waals surface area contributed by atoms with Crippen molar-refractivity contribution >= 4 is 34.7 Å². The topological polar surface area (TPSA) is 32.3 Å². The van der Waals surface area contributed by atoms with Gasteiger partial charge in [0.25, 0.3) is 0 Å². The molecule has 20 heavy (non-hydrogen) atoms. The van der Waals surface area contributed by atoms with Crippen LogP contribution < -0.4 is 9.80 Å². The van der Waals surface area contributed by atoms with Crippen LogP contribution in [0.15, 0.2) is 36.4 Å². The standard InChI is InChI=1S/C14H14Cl2N4/c15-11-3-1-2-4-12(11)19-7-9-20(10-8-19)14-6-5-13(16)17-18-14/h1-6H,7-10H2. The molecule has 1 aliphatic rings. The Balaban J connectivity index is 1.68. The van der Waals surface area contributed by atoms with E-state index in [1.165, 1.54) is 0 Å². The fourth-order valence-corrected chi connectivity index (χ4v) is 2.72. The van der Waals surface area contributed by atoms with Crippen LogP contribution in [0.5, 0.6) is 0 Å². The molecule has 0 spiro atoms. The van der Waals surface area contributed by atoms with Gasteiger partial charge in [0.1, 0.15) is 0 Å². The van der Waals surface area contributed by atoms with Gasteiger partial charge in [0, 0.05) is 26.2 Å². The van der Waals surface area contributed by atoms with Gasteiger partial charge in [0.2, 0.25) is 0 Å². The number of para-hydroxylation sites is 1. The molecule has 0 saturated carbocycles. The van der Waals surface area contributed by atoms with Crippen LogP contribution in [0.4, 0.5) is 11.5 Å². The fourth-order valence-electron chi connectivity index (χ4n) is 2.36. The van der Waals surface area contributed by atoms with E-state index >= 15 is 0 Å². The zero-order chi connectivity index (χ0) is 13.9. The number of aromatic nitrogens is 2. The monoisotopic (exact) mass is 308 g/mol. The maximum absolute atomic E-state index is 6.24. The van der Waals surface area contributed by atoms with Crippen LogP contribution in [0.2, 0.25) is 10.2 Å². The van der Waals surface area contributed by atoms with Gasteiger partial charge in [-0.1, -0.05) is 35.3 Å². The van der Waals surface area contributed by atoms with Crippen LogP contribution >= 0.6 is 23.2 Å². The van der Waals surface area contributed by atoms with Crippen LogP contribution in [-0.4, -0.2) is 36.4 Å². The average molecular weight is 309 g/mol. The Hall–Kier alpha value is -1.52. The second kappa shape index (κ2) is 5.85. The van der Waals surface area contributed by atoms with E-state index in [1.807, 2.05) is 24.3 Å². The number of piperazine rings is 1. The summed E-state index contributed by atoms with van der Waals surface area (Å²) in [6.07, 6.45) is 0. The van der Waals surface area contributed by atoms with Crippen LogP contribution in [0.3, 0.4) is 0 Å². The van der Waals surface area contributed by atoms with E-state index < -0.39 is 0 Å². The quantitative estimate of drug-likeness (QED) is 0.853. The molecule has 1 aromatic carbocycles. The van der Waals surface area contributed by atoms with Crippen LogP contribution in [0, 0.1) is 0 Å². The Morgan fingerprint density at radius 1 is 0.800 bits per heavy atom. The van der Waals surface area contributed by atoms with E-state index in [4.69, 9.17) is 23.2 Å². The van der Waals surface area contributed by atoms with Gasteiger partial charge in [0.05, 0.1) is 10.7 Å². The summed E-state index contributed by atoms with van der Waals surface area (Å²) in [5, 5.41) is 9.22. The van der Waals surface area contributed by atoms with Gasteiger partial charge in [-0.05, 0) is 24.3 Å². The normalized spacial score (nSPS) is 15.5. The van der Waals surface area contributed by atoms with Crippen molar-refractivity contribution in [3.05, 3.63) is 46.6 Å². The molecule has 0 N–H and O–H groups in total. The Labute approximate surface area is 127 Å². The number of benzene rings is 1. The summed E-state index contributed by atoms with van der Waals surface area (Å²) in [6.45, 7) is 3.60. The minimum atomic E-state index is 0.420. The van der Waals surface area contributed by atoms with Crippen molar-refractivity contribution in [2.75, 3.05) is 36.0 Å². The number of nitrogens with zero attached hydrogens (tertiary/aromatic N) is 4. The van der Waals surface area contributed by atoms with Crippen molar-refractivity contribution in [3.63, 3.8) is 0 Å². The molecule has 3 rings (SSSR count). The lowest BCUT2D eigenvalue weighted by Gasteiger charge is -2.36. The first-order valence-corrected chi connectivity index (χ1v) is 7.23. The summed E-state index contributed by atoms with van der Waals surface area (Å²) in [5.41, 5.74) is 1.09. The molecule has 1 aromatic heterocycles. The molecule has 0 aliphatic carbocycles. The minimum Gasteiger partial charge on any atom is -0.367 e. The fraction of sp³-hybridized carbons (Fsp3) is 0.286. The molecule has 0 radical (unpaired) electrons. The largest absolute Gasteiger partial charge is 0.367 e. The van der Waals surface area contributed by atoms with Crippen molar-refractivity contribution in [1.82, 2.24) is 10.2 Å². The van der Waals surface area contributed by atoms with Crippen LogP contribution in [-0.2, 0) is 0 Å². The van der Waals surface area contributed by atoms with Gasteiger partial charge in [-0.2, -0.15) is 0 Å². The summed E-state index contributed by atoms with van der Waals surface area (Å²) in [5.74, 6) is 0.869. The lowest BCUT2D eigenvalue weighted by atomic mass is 10.2. The van der Waals surface area contributed by atoms with E-state index in [-0.39, 0.29) is 0 Å². The van der Waals surface area contributed by atoms with Gasteiger partial charge < -0.3 is 9.80 Å². The Morgan fingerprint density at radius 2 is 1.50 bits per heavy atom. The van der Waals surface area contributed by atoms with E-state index in [0.29, 0.717) is 5.15 Å². The lowest BCUT2D eigenvalue weighted by molar-refractivity contribution is 0.644. The SMILES string of the molecule is Clc1ccc(N2CCN(c3ccccc3Cl)CC2)nn1. The maximum atomic E-state index is 6.24. The smallest absolute Gasteiger partial charge is 0.151 e. The molecule has 1 aliphatic heterocycles. The number of halogens is 2. The predicted octanol–water partition coefficient (Wildman–Crippen LogP) is 3.11. The van der Waals surface area contributed by atoms with Gasteiger partial charge in [-0.3, -0.25) is 0 Å². The van der Waals surface area contributed by atoms with E-state index in [0.717, 1.165) is 42.7 Å². The highest BCUT2D eigenvalue weighted by Crippen LogP contribution is 2.26. The molecule has 4 nitrogen and oxygen atoms in total. The van der Waals surface area contributed by atoms with Crippen LogP contribution in [0.1, 0.15) is 0 Å². The highest BCUT2D eigenvalue weighted by Gasteiger charge is 2.19. The first-order valence-electron chi connectivity index (χ1n) is 6.48. The summed E-state index contributed by atoms with van der Waals surface area (Å²) in [6, 6.07) is 11.6.